The Bertz CT molecular complexity index is 373. The van der Waals surface area contributed by atoms with Gasteiger partial charge in [-0.3, -0.25) is 0 Å². The van der Waals surface area contributed by atoms with E-state index >= 15 is 0 Å². The molecule has 0 bridgehead atoms. The van der Waals surface area contributed by atoms with Gasteiger partial charge < -0.3 is 5.32 Å². The van der Waals surface area contributed by atoms with E-state index in [4.69, 9.17) is 0 Å². The lowest BCUT2D eigenvalue weighted by atomic mass is 9.99. The second kappa shape index (κ2) is 8.49. The van der Waals surface area contributed by atoms with Gasteiger partial charge in [0.15, 0.2) is 0 Å². The predicted molar refractivity (Wildman–Crippen MR) is 84.0 cm³/mol. The quantitative estimate of drug-likeness (QED) is 0.517. The predicted octanol–water partition coefficient (Wildman–Crippen LogP) is 5.15. The molecule has 0 heterocycles. The number of nitrogens with one attached hydrogen (secondary N) is 1. The van der Waals surface area contributed by atoms with Gasteiger partial charge in [-0.05, 0) is 50.4 Å². The number of rotatable bonds is 8. The van der Waals surface area contributed by atoms with Gasteiger partial charge in [0.2, 0.25) is 0 Å². The monoisotopic (exact) mass is 309 g/mol. The molecule has 0 saturated carbocycles. The maximum absolute atomic E-state index is 3.76. The minimum atomic E-state index is 0.473. The van der Waals surface area contributed by atoms with Crippen LogP contribution in [0.3, 0.4) is 0 Å². The number of halogens is 1. The highest BCUT2D eigenvalue weighted by molar-refractivity contribution is 9.10. The van der Waals surface area contributed by atoms with Crippen molar-refractivity contribution in [3.8, 4) is 0 Å². The van der Waals surface area contributed by atoms with Gasteiger partial charge in [-0.15, -0.1) is 6.58 Å². The molecule has 2 heteroatoms. The number of benzene rings is 1. The molecule has 1 N–H and O–H groups in total. The molecule has 0 aliphatic heterocycles. The van der Waals surface area contributed by atoms with Crippen molar-refractivity contribution in [3.63, 3.8) is 0 Å². The van der Waals surface area contributed by atoms with Crippen LogP contribution >= 0.6 is 15.9 Å². The Morgan fingerprint density at radius 2 is 2.11 bits per heavy atom. The molecule has 1 atom stereocenters. The van der Waals surface area contributed by atoms with Crippen molar-refractivity contribution in [1.82, 2.24) is 5.32 Å². The van der Waals surface area contributed by atoms with Crippen LogP contribution in [0, 0.1) is 6.92 Å². The number of unbranched alkanes of at least 4 members (excludes halogenated alkanes) is 3. The highest BCUT2D eigenvalue weighted by Gasteiger charge is 2.09. The third-order valence-electron chi connectivity index (χ3n) is 3.33. The second-order valence-electron chi connectivity index (χ2n) is 4.78. The Balaban J connectivity index is 2.49. The van der Waals surface area contributed by atoms with Gasteiger partial charge in [0, 0.05) is 10.5 Å². The summed E-state index contributed by atoms with van der Waals surface area (Å²) in [5, 5.41) is 3.42. The molecule has 100 valence electrons. The molecule has 0 radical (unpaired) electrons. The smallest absolute Gasteiger partial charge is 0.0317 e. The summed E-state index contributed by atoms with van der Waals surface area (Å²) in [6.45, 7) is 5.90. The van der Waals surface area contributed by atoms with Crippen molar-refractivity contribution in [2.45, 2.75) is 45.1 Å². The molecule has 1 aromatic carbocycles. The van der Waals surface area contributed by atoms with Crippen LogP contribution in [0.2, 0.25) is 0 Å². The van der Waals surface area contributed by atoms with Crippen LogP contribution in [0.25, 0.3) is 0 Å². The maximum atomic E-state index is 3.76. The number of aryl methyl sites for hydroxylation is 1. The van der Waals surface area contributed by atoms with Gasteiger partial charge in [-0.1, -0.05) is 47.0 Å². The molecule has 0 aromatic heterocycles. The zero-order valence-electron chi connectivity index (χ0n) is 11.5. The average Bonchev–Trinajstić information content (AvgIpc) is 2.37. The Morgan fingerprint density at radius 3 is 2.72 bits per heavy atom. The van der Waals surface area contributed by atoms with Crippen molar-refractivity contribution < 1.29 is 0 Å². The third-order valence-corrected chi connectivity index (χ3v) is 4.22. The zero-order chi connectivity index (χ0) is 13.4. The molecule has 1 nitrogen and oxygen atoms in total. The van der Waals surface area contributed by atoms with Crippen molar-refractivity contribution in [2.75, 3.05) is 7.05 Å². The summed E-state index contributed by atoms with van der Waals surface area (Å²) in [7, 11) is 2.05. The summed E-state index contributed by atoms with van der Waals surface area (Å²) in [6, 6.07) is 7.10. The van der Waals surface area contributed by atoms with E-state index in [1.165, 1.54) is 41.3 Å². The van der Waals surface area contributed by atoms with Crippen LogP contribution in [0.5, 0.6) is 0 Å². The van der Waals surface area contributed by atoms with E-state index in [2.05, 4.69) is 52.9 Å². The van der Waals surface area contributed by atoms with E-state index < -0.39 is 0 Å². The molecule has 0 aliphatic rings. The summed E-state index contributed by atoms with van der Waals surface area (Å²) in [5.74, 6) is 0. The number of hydrogen-bond donors (Lipinski definition) is 1. The Hall–Kier alpha value is -0.600. The molecule has 0 aliphatic carbocycles. The van der Waals surface area contributed by atoms with Crippen LogP contribution in [0.4, 0.5) is 0 Å². The second-order valence-corrected chi connectivity index (χ2v) is 5.63. The average molecular weight is 310 g/mol. The molecule has 1 rings (SSSR count). The molecular formula is C16H24BrN. The van der Waals surface area contributed by atoms with Crippen LogP contribution < -0.4 is 5.32 Å². The van der Waals surface area contributed by atoms with Crippen LogP contribution in [-0.2, 0) is 0 Å². The van der Waals surface area contributed by atoms with Gasteiger partial charge in [0.1, 0.15) is 0 Å². The molecular weight excluding hydrogens is 286 g/mol. The maximum Gasteiger partial charge on any atom is 0.0317 e. The fraction of sp³-hybridized carbons (Fsp3) is 0.500. The Kier molecular flexibility index (Phi) is 7.29. The normalized spacial score (nSPS) is 12.4. The van der Waals surface area contributed by atoms with E-state index in [0.29, 0.717) is 6.04 Å². The number of hydrogen-bond acceptors (Lipinski definition) is 1. The minimum Gasteiger partial charge on any atom is -0.313 e. The molecule has 0 spiro atoms. The van der Waals surface area contributed by atoms with Crippen molar-refractivity contribution in [3.05, 3.63) is 46.5 Å². The summed E-state index contributed by atoms with van der Waals surface area (Å²) in [6.07, 6.45) is 8.18. The molecule has 1 aromatic rings. The zero-order valence-corrected chi connectivity index (χ0v) is 13.1. The standard InChI is InChI=1S/C16H24BrN/c1-4-5-6-7-8-9-16(18-3)14-10-11-15(17)13(2)12-14/h4,10-12,16,18H,1,5-9H2,2-3H3. The largest absolute Gasteiger partial charge is 0.313 e. The van der Waals surface area contributed by atoms with Crippen molar-refractivity contribution >= 4 is 15.9 Å². The molecule has 0 fully saturated rings. The van der Waals surface area contributed by atoms with Gasteiger partial charge in [-0.25, -0.2) is 0 Å². The van der Waals surface area contributed by atoms with Crippen LogP contribution in [0.15, 0.2) is 35.3 Å². The first-order valence-electron chi connectivity index (χ1n) is 6.73. The Morgan fingerprint density at radius 1 is 1.33 bits per heavy atom. The lowest BCUT2D eigenvalue weighted by molar-refractivity contribution is 0.507. The fourth-order valence-electron chi connectivity index (χ4n) is 2.18. The summed E-state index contributed by atoms with van der Waals surface area (Å²) >= 11 is 3.55. The number of allylic oxidation sites excluding steroid dienone is 1. The van der Waals surface area contributed by atoms with E-state index in [1.54, 1.807) is 0 Å². The molecule has 1 unspecified atom stereocenters. The first-order valence-corrected chi connectivity index (χ1v) is 7.52. The van der Waals surface area contributed by atoms with Crippen LogP contribution in [-0.4, -0.2) is 7.05 Å². The lowest BCUT2D eigenvalue weighted by Crippen LogP contribution is -2.16. The molecule has 0 amide bonds. The van der Waals surface area contributed by atoms with Gasteiger partial charge in [-0.2, -0.15) is 0 Å². The SMILES string of the molecule is C=CCCCCCC(NC)c1ccc(Br)c(C)c1. The van der Waals surface area contributed by atoms with E-state index in [-0.39, 0.29) is 0 Å². The van der Waals surface area contributed by atoms with Crippen molar-refractivity contribution in [1.29, 1.82) is 0 Å². The van der Waals surface area contributed by atoms with E-state index in [1.807, 2.05) is 13.1 Å². The molecule has 0 saturated heterocycles. The summed E-state index contributed by atoms with van der Waals surface area (Å²) in [4.78, 5) is 0. The van der Waals surface area contributed by atoms with Gasteiger partial charge >= 0.3 is 0 Å². The first kappa shape index (κ1) is 15.5. The van der Waals surface area contributed by atoms with E-state index in [9.17, 15) is 0 Å². The third kappa shape index (κ3) is 4.95. The minimum absolute atomic E-state index is 0.473. The highest BCUT2D eigenvalue weighted by atomic mass is 79.9. The van der Waals surface area contributed by atoms with Gasteiger partial charge in [0.25, 0.3) is 0 Å². The fourth-order valence-corrected chi connectivity index (χ4v) is 2.42. The summed E-state index contributed by atoms with van der Waals surface area (Å²) in [5.41, 5.74) is 2.70. The summed E-state index contributed by atoms with van der Waals surface area (Å²) < 4.78 is 1.19. The van der Waals surface area contributed by atoms with Crippen LogP contribution in [0.1, 0.15) is 49.3 Å². The lowest BCUT2D eigenvalue weighted by Gasteiger charge is -2.17. The van der Waals surface area contributed by atoms with Crippen molar-refractivity contribution in [2.24, 2.45) is 0 Å². The molecule has 18 heavy (non-hydrogen) atoms. The Labute approximate surface area is 120 Å². The van der Waals surface area contributed by atoms with E-state index in [0.717, 1.165) is 6.42 Å². The topological polar surface area (TPSA) is 12.0 Å². The van der Waals surface area contributed by atoms with Gasteiger partial charge in [0.05, 0.1) is 0 Å². The highest BCUT2D eigenvalue weighted by Crippen LogP contribution is 2.24. The first-order chi connectivity index (χ1) is 8.69.